The van der Waals surface area contributed by atoms with Crippen molar-refractivity contribution in [2.75, 3.05) is 7.11 Å². The highest BCUT2D eigenvalue weighted by Crippen LogP contribution is 2.49. The molecule has 0 aliphatic heterocycles. The van der Waals surface area contributed by atoms with Crippen LogP contribution in [0.5, 0.6) is 5.75 Å². The van der Waals surface area contributed by atoms with E-state index in [0.717, 1.165) is 18.5 Å². The van der Waals surface area contributed by atoms with Crippen molar-refractivity contribution < 1.29 is 9.53 Å². The van der Waals surface area contributed by atoms with Crippen molar-refractivity contribution >= 4 is 6.29 Å². The van der Waals surface area contributed by atoms with Crippen LogP contribution in [-0.2, 0) is 4.79 Å². The molecule has 1 aromatic carbocycles. The molecule has 1 aromatic rings. The van der Waals surface area contributed by atoms with Gasteiger partial charge >= 0.3 is 0 Å². The highest BCUT2D eigenvalue weighted by molar-refractivity contribution is 5.51. The van der Waals surface area contributed by atoms with Crippen molar-refractivity contribution in [3.05, 3.63) is 29.8 Å². The summed E-state index contributed by atoms with van der Waals surface area (Å²) in [5, 5.41) is 0. The zero-order valence-electron chi connectivity index (χ0n) is 8.27. The summed E-state index contributed by atoms with van der Waals surface area (Å²) in [6.45, 7) is 0. The van der Waals surface area contributed by atoms with E-state index < -0.39 is 0 Å². The highest BCUT2D eigenvalue weighted by atomic mass is 16.5. The Balaban J connectivity index is 2.07. The van der Waals surface area contributed by atoms with E-state index in [1.54, 1.807) is 7.11 Å². The van der Waals surface area contributed by atoms with Gasteiger partial charge in [0.25, 0.3) is 0 Å². The molecule has 2 atom stereocenters. The Morgan fingerprint density at radius 1 is 1.57 bits per heavy atom. The lowest BCUT2D eigenvalue weighted by Crippen LogP contribution is -1.87. The molecule has 2 rings (SSSR count). The van der Waals surface area contributed by atoms with E-state index in [1.807, 2.05) is 12.1 Å². The fraction of sp³-hybridized carbons (Fsp3) is 0.417. The molecule has 0 radical (unpaired) electrons. The Labute approximate surface area is 83.9 Å². The van der Waals surface area contributed by atoms with E-state index in [1.165, 1.54) is 5.56 Å². The zero-order valence-corrected chi connectivity index (χ0v) is 8.27. The van der Waals surface area contributed by atoms with Gasteiger partial charge < -0.3 is 9.53 Å². The van der Waals surface area contributed by atoms with Crippen LogP contribution in [0.15, 0.2) is 24.3 Å². The minimum Gasteiger partial charge on any atom is -0.497 e. The summed E-state index contributed by atoms with van der Waals surface area (Å²) >= 11 is 0. The molecular formula is C12H14O2. The third-order valence-electron chi connectivity index (χ3n) is 2.84. The minimum atomic E-state index is 0.569. The Bertz CT molecular complexity index is 333. The molecule has 0 unspecified atom stereocenters. The minimum absolute atomic E-state index is 0.569. The second-order valence-corrected chi connectivity index (χ2v) is 3.78. The first kappa shape index (κ1) is 9.25. The maximum absolute atomic E-state index is 10.3. The summed E-state index contributed by atoms with van der Waals surface area (Å²) < 4.78 is 5.16. The Morgan fingerprint density at radius 3 is 3.14 bits per heavy atom. The zero-order chi connectivity index (χ0) is 9.97. The number of carbonyl (C=O) groups is 1. The summed E-state index contributed by atoms with van der Waals surface area (Å²) in [4.78, 5) is 10.3. The van der Waals surface area contributed by atoms with Crippen LogP contribution in [-0.4, -0.2) is 13.4 Å². The molecule has 1 aliphatic carbocycles. The van der Waals surface area contributed by atoms with Crippen molar-refractivity contribution in [3.63, 3.8) is 0 Å². The first-order valence-corrected chi connectivity index (χ1v) is 4.92. The molecule has 2 nitrogen and oxygen atoms in total. The number of carbonyl (C=O) groups excluding carboxylic acids is 1. The average molecular weight is 190 g/mol. The maximum Gasteiger partial charge on any atom is 0.120 e. The first-order valence-electron chi connectivity index (χ1n) is 4.92. The summed E-state index contributed by atoms with van der Waals surface area (Å²) in [6, 6.07) is 8.12. The maximum atomic E-state index is 10.3. The molecule has 0 saturated heterocycles. The smallest absolute Gasteiger partial charge is 0.120 e. The molecule has 2 heteroatoms. The van der Waals surface area contributed by atoms with Crippen molar-refractivity contribution in [2.45, 2.75) is 18.8 Å². The highest BCUT2D eigenvalue weighted by Gasteiger charge is 2.37. The fourth-order valence-electron chi connectivity index (χ4n) is 1.91. The molecule has 0 N–H and O–H groups in total. The van der Waals surface area contributed by atoms with E-state index >= 15 is 0 Å². The Kier molecular flexibility index (Phi) is 2.53. The molecule has 1 aliphatic rings. The van der Waals surface area contributed by atoms with Gasteiger partial charge in [0.15, 0.2) is 0 Å². The van der Waals surface area contributed by atoms with Crippen LogP contribution in [0.1, 0.15) is 24.3 Å². The van der Waals surface area contributed by atoms with Gasteiger partial charge in [0, 0.05) is 6.42 Å². The number of aldehydes is 1. The second kappa shape index (κ2) is 3.82. The number of ether oxygens (including phenoxy) is 1. The van der Waals surface area contributed by atoms with E-state index in [2.05, 4.69) is 12.1 Å². The van der Waals surface area contributed by atoms with Crippen LogP contribution in [0.25, 0.3) is 0 Å². The van der Waals surface area contributed by atoms with E-state index in [-0.39, 0.29) is 0 Å². The Hall–Kier alpha value is -1.31. The molecule has 1 fully saturated rings. The molecule has 0 heterocycles. The lowest BCUT2D eigenvalue weighted by Gasteiger charge is -2.02. The van der Waals surface area contributed by atoms with E-state index in [0.29, 0.717) is 18.3 Å². The molecule has 0 spiro atoms. The topological polar surface area (TPSA) is 26.3 Å². The van der Waals surface area contributed by atoms with E-state index in [9.17, 15) is 4.79 Å². The van der Waals surface area contributed by atoms with Gasteiger partial charge in [-0.05, 0) is 36.0 Å². The third-order valence-corrected chi connectivity index (χ3v) is 2.84. The van der Waals surface area contributed by atoms with Crippen molar-refractivity contribution in [1.82, 2.24) is 0 Å². The average Bonchev–Trinajstić information content (AvgIpc) is 2.98. The van der Waals surface area contributed by atoms with Gasteiger partial charge in [-0.25, -0.2) is 0 Å². The van der Waals surface area contributed by atoms with Gasteiger partial charge in [-0.1, -0.05) is 12.1 Å². The molecule has 1 saturated carbocycles. The van der Waals surface area contributed by atoms with Crippen LogP contribution in [0.4, 0.5) is 0 Å². The molecule has 0 aromatic heterocycles. The van der Waals surface area contributed by atoms with Gasteiger partial charge in [-0.3, -0.25) is 0 Å². The van der Waals surface area contributed by atoms with Crippen LogP contribution in [0, 0.1) is 5.92 Å². The van der Waals surface area contributed by atoms with Crippen LogP contribution < -0.4 is 4.74 Å². The molecule has 0 bridgehead atoms. The quantitative estimate of drug-likeness (QED) is 0.681. The summed E-state index contributed by atoms with van der Waals surface area (Å²) in [5.41, 5.74) is 1.30. The number of hydrogen-bond acceptors (Lipinski definition) is 2. The molecule has 0 amide bonds. The first-order chi connectivity index (χ1) is 6.85. The normalized spacial score (nSPS) is 24.4. The Morgan fingerprint density at radius 2 is 2.43 bits per heavy atom. The predicted molar refractivity (Wildman–Crippen MR) is 54.5 cm³/mol. The second-order valence-electron chi connectivity index (χ2n) is 3.78. The summed E-state index contributed by atoms with van der Waals surface area (Å²) in [7, 11) is 1.68. The number of hydrogen-bond donors (Lipinski definition) is 0. The van der Waals surface area contributed by atoms with Gasteiger partial charge in [0.05, 0.1) is 7.11 Å². The van der Waals surface area contributed by atoms with Gasteiger partial charge in [0.2, 0.25) is 0 Å². The number of rotatable bonds is 4. The lowest BCUT2D eigenvalue weighted by atomic mass is 10.1. The van der Waals surface area contributed by atoms with Crippen LogP contribution in [0.3, 0.4) is 0 Å². The fourth-order valence-corrected chi connectivity index (χ4v) is 1.91. The van der Waals surface area contributed by atoms with Gasteiger partial charge in [0.1, 0.15) is 12.0 Å². The number of benzene rings is 1. The third kappa shape index (κ3) is 1.79. The monoisotopic (exact) mass is 190 g/mol. The standard InChI is InChI=1S/C12H14O2/c1-14-11-4-2-3-9(7-11)12-8-10(12)5-6-13/h2-4,6-7,10,12H,5,8H2,1H3/t10-,12+/m1/s1. The van der Waals surface area contributed by atoms with Crippen molar-refractivity contribution in [1.29, 1.82) is 0 Å². The van der Waals surface area contributed by atoms with Crippen molar-refractivity contribution in [3.8, 4) is 5.75 Å². The molecule has 74 valence electrons. The summed E-state index contributed by atoms with van der Waals surface area (Å²) in [5.74, 6) is 2.05. The van der Waals surface area contributed by atoms with Gasteiger partial charge in [-0.2, -0.15) is 0 Å². The van der Waals surface area contributed by atoms with Crippen molar-refractivity contribution in [2.24, 2.45) is 5.92 Å². The predicted octanol–water partition coefficient (Wildman–Crippen LogP) is 2.39. The molecule has 14 heavy (non-hydrogen) atoms. The summed E-state index contributed by atoms with van der Waals surface area (Å²) in [6.07, 6.45) is 2.86. The van der Waals surface area contributed by atoms with Crippen LogP contribution >= 0.6 is 0 Å². The number of methoxy groups -OCH3 is 1. The molecular weight excluding hydrogens is 176 g/mol. The lowest BCUT2D eigenvalue weighted by molar-refractivity contribution is -0.108. The van der Waals surface area contributed by atoms with Crippen LogP contribution in [0.2, 0.25) is 0 Å². The van der Waals surface area contributed by atoms with Gasteiger partial charge in [-0.15, -0.1) is 0 Å². The van der Waals surface area contributed by atoms with E-state index in [4.69, 9.17) is 4.74 Å². The largest absolute Gasteiger partial charge is 0.497 e. The SMILES string of the molecule is COc1cccc([C@@H]2C[C@H]2CC=O)c1.